The van der Waals surface area contributed by atoms with Gasteiger partial charge in [0, 0.05) is 18.9 Å². The molecule has 132 valence electrons. The summed E-state index contributed by atoms with van der Waals surface area (Å²) in [4.78, 5) is 26.6. The maximum absolute atomic E-state index is 11.6. The van der Waals surface area contributed by atoms with Crippen LogP contribution in [0, 0.1) is 20.8 Å². The van der Waals surface area contributed by atoms with E-state index >= 15 is 0 Å². The minimum atomic E-state index is -0.132. The molecule has 0 radical (unpaired) electrons. The molecule has 6 heteroatoms. The van der Waals surface area contributed by atoms with Crippen molar-refractivity contribution in [3.8, 4) is 17.1 Å². The lowest BCUT2D eigenvalue weighted by molar-refractivity contribution is -0.116. The van der Waals surface area contributed by atoms with Gasteiger partial charge in [0.25, 0.3) is 0 Å². The van der Waals surface area contributed by atoms with Gasteiger partial charge in [-0.05, 0) is 62.6 Å². The van der Waals surface area contributed by atoms with Crippen LogP contribution in [-0.2, 0) is 9.59 Å². The number of ether oxygens (including phenoxy) is 1. The number of allylic oxidation sites excluding steroid dienone is 2. The van der Waals surface area contributed by atoms with Gasteiger partial charge >= 0.3 is 0 Å². The number of aryl methyl sites for hydroxylation is 3. The molecule has 0 fully saturated rings. The Balaban J connectivity index is 1.94. The highest BCUT2D eigenvalue weighted by molar-refractivity contribution is 5.97. The van der Waals surface area contributed by atoms with Gasteiger partial charge < -0.3 is 9.26 Å². The average molecular weight is 342 g/mol. The van der Waals surface area contributed by atoms with E-state index in [1.54, 1.807) is 6.92 Å². The molecular formula is C19H22N2O4. The first-order valence-corrected chi connectivity index (χ1v) is 8.13. The lowest BCUT2D eigenvalue weighted by Gasteiger charge is -2.13. The molecule has 2 rings (SSSR count). The van der Waals surface area contributed by atoms with Gasteiger partial charge in [0.1, 0.15) is 5.75 Å². The number of carbonyl (C=O) groups is 2. The fourth-order valence-electron chi connectivity index (χ4n) is 2.44. The van der Waals surface area contributed by atoms with Crippen LogP contribution in [0.1, 0.15) is 36.8 Å². The number of hydrogen-bond donors (Lipinski definition) is 0. The van der Waals surface area contributed by atoms with Crippen molar-refractivity contribution < 1.29 is 18.8 Å². The lowest BCUT2D eigenvalue weighted by Crippen LogP contribution is -2.04. The SMILES string of the molecule is CC(=O)C=CC(=O)CCCOc1c(C)cc(-c2noc(C)n2)cc1C. The fraction of sp³-hybridized carbons (Fsp3) is 0.368. The standard InChI is InChI=1S/C19H22N2O4/c1-12-10-16(19-20-15(4)25-21-19)11-13(2)18(12)24-9-5-6-17(23)8-7-14(3)22/h7-8,10-11H,5-6,9H2,1-4H3. The van der Waals surface area contributed by atoms with Crippen molar-refractivity contribution in [2.75, 3.05) is 6.61 Å². The van der Waals surface area contributed by atoms with Crippen LogP contribution < -0.4 is 4.74 Å². The van der Waals surface area contributed by atoms with Gasteiger partial charge in [-0.1, -0.05) is 5.16 Å². The average Bonchev–Trinajstić information content (AvgIpc) is 2.97. The second-order valence-corrected chi connectivity index (χ2v) is 5.94. The molecule has 0 aliphatic heterocycles. The van der Waals surface area contributed by atoms with Crippen LogP contribution in [0.4, 0.5) is 0 Å². The van der Waals surface area contributed by atoms with E-state index in [1.807, 2.05) is 26.0 Å². The van der Waals surface area contributed by atoms with Gasteiger partial charge in [-0.15, -0.1) is 0 Å². The van der Waals surface area contributed by atoms with E-state index in [1.165, 1.54) is 19.1 Å². The maximum Gasteiger partial charge on any atom is 0.223 e. The summed E-state index contributed by atoms with van der Waals surface area (Å²) in [7, 11) is 0. The molecule has 2 aromatic rings. The molecule has 0 aliphatic carbocycles. The summed E-state index contributed by atoms with van der Waals surface area (Å²) in [6, 6.07) is 3.90. The third-order valence-electron chi connectivity index (χ3n) is 3.56. The van der Waals surface area contributed by atoms with Crippen molar-refractivity contribution in [1.82, 2.24) is 10.1 Å². The van der Waals surface area contributed by atoms with Crippen LogP contribution in [0.2, 0.25) is 0 Å². The molecule has 6 nitrogen and oxygen atoms in total. The Morgan fingerprint density at radius 1 is 1.16 bits per heavy atom. The Morgan fingerprint density at radius 2 is 1.84 bits per heavy atom. The van der Waals surface area contributed by atoms with Crippen LogP contribution in [0.15, 0.2) is 28.8 Å². The van der Waals surface area contributed by atoms with Crippen molar-refractivity contribution in [2.24, 2.45) is 0 Å². The highest BCUT2D eigenvalue weighted by Crippen LogP contribution is 2.29. The molecule has 0 saturated carbocycles. The molecule has 1 aromatic heterocycles. The summed E-state index contributed by atoms with van der Waals surface area (Å²) in [6.07, 6.45) is 3.55. The molecule has 0 bridgehead atoms. The van der Waals surface area contributed by atoms with Gasteiger partial charge in [-0.25, -0.2) is 0 Å². The number of rotatable bonds is 8. The highest BCUT2D eigenvalue weighted by Gasteiger charge is 2.11. The molecule has 1 heterocycles. The zero-order valence-corrected chi connectivity index (χ0v) is 15.0. The van der Waals surface area contributed by atoms with Crippen molar-refractivity contribution in [1.29, 1.82) is 0 Å². The van der Waals surface area contributed by atoms with Gasteiger partial charge in [-0.2, -0.15) is 4.98 Å². The number of carbonyl (C=O) groups excluding carboxylic acids is 2. The van der Waals surface area contributed by atoms with Crippen molar-refractivity contribution in [3.05, 3.63) is 41.3 Å². The van der Waals surface area contributed by atoms with E-state index in [0.717, 1.165) is 22.4 Å². The minimum Gasteiger partial charge on any atom is -0.493 e. The van der Waals surface area contributed by atoms with Crippen LogP contribution in [0.5, 0.6) is 5.75 Å². The first-order valence-electron chi connectivity index (χ1n) is 8.13. The van der Waals surface area contributed by atoms with Gasteiger partial charge in [0.05, 0.1) is 6.61 Å². The zero-order chi connectivity index (χ0) is 18.4. The third-order valence-corrected chi connectivity index (χ3v) is 3.56. The van der Waals surface area contributed by atoms with Gasteiger partial charge in [0.2, 0.25) is 11.7 Å². The Bertz CT molecular complexity index is 783. The molecule has 0 N–H and O–H groups in total. The molecule has 1 aromatic carbocycles. The Morgan fingerprint density at radius 3 is 2.40 bits per heavy atom. The summed E-state index contributed by atoms with van der Waals surface area (Å²) in [5.74, 6) is 1.67. The molecular weight excluding hydrogens is 320 g/mol. The minimum absolute atomic E-state index is 0.0740. The van der Waals surface area contributed by atoms with Gasteiger partial charge in [-0.3, -0.25) is 9.59 Å². The molecule has 25 heavy (non-hydrogen) atoms. The third kappa shape index (κ3) is 5.38. The maximum atomic E-state index is 11.6. The second-order valence-electron chi connectivity index (χ2n) is 5.94. The fourth-order valence-corrected chi connectivity index (χ4v) is 2.44. The normalized spacial score (nSPS) is 11.0. The zero-order valence-electron chi connectivity index (χ0n) is 15.0. The Kier molecular flexibility index (Phi) is 6.22. The molecule has 0 saturated heterocycles. The quantitative estimate of drug-likeness (QED) is 0.539. The van der Waals surface area contributed by atoms with Crippen molar-refractivity contribution in [3.63, 3.8) is 0 Å². The monoisotopic (exact) mass is 342 g/mol. The van der Waals surface area contributed by atoms with Gasteiger partial charge in [0.15, 0.2) is 11.6 Å². The largest absolute Gasteiger partial charge is 0.493 e. The Hall–Kier alpha value is -2.76. The smallest absolute Gasteiger partial charge is 0.223 e. The molecule has 0 amide bonds. The number of benzene rings is 1. The van der Waals surface area contributed by atoms with Crippen LogP contribution in [-0.4, -0.2) is 28.3 Å². The first-order chi connectivity index (χ1) is 11.9. The van der Waals surface area contributed by atoms with E-state index in [9.17, 15) is 9.59 Å². The highest BCUT2D eigenvalue weighted by atomic mass is 16.5. The number of hydrogen-bond acceptors (Lipinski definition) is 6. The topological polar surface area (TPSA) is 82.3 Å². The van der Waals surface area contributed by atoms with E-state index in [0.29, 0.717) is 31.2 Å². The Labute approximate surface area is 146 Å². The van der Waals surface area contributed by atoms with Crippen molar-refractivity contribution in [2.45, 2.75) is 40.5 Å². The van der Waals surface area contributed by atoms with E-state index in [-0.39, 0.29) is 11.6 Å². The summed E-state index contributed by atoms with van der Waals surface area (Å²) >= 11 is 0. The number of aromatic nitrogens is 2. The summed E-state index contributed by atoms with van der Waals surface area (Å²) < 4.78 is 10.8. The van der Waals surface area contributed by atoms with Crippen LogP contribution in [0.3, 0.4) is 0 Å². The van der Waals surface area contributed by atoms with Crippen LogP contribution in [0.25, 0.3) is 11.4 Å². The van der Waals surface area contributed by atoms with E-state index in [2.05, 4.69) is 10.1 Å². The van der Waals surface area contributed by atoms with E-state index < -0.39 is 0 Å². The summed E-state index contributed by atoms with van der Waals surface area (Å²) in [5.41, 5.74) is 2.82. The molecule has 0 atom stereocenters. The van der Waals surface area contributed by atoms with Crippen molar-refractivity contribution >= 4 is 11.6 Å². The molecule has 0 aliphatic rings. The summed E-state index contributed by atoms with van der Waals surface area (Å²) in [6.45, 7) is 7.51. The number of nitrogens with zero attached hydrogens (tertiary/aromatic N) is 2. The second kappa shape index (κ2) is 8.37. The lowest BCUT2D eigenvalue weighted by atomic mass is 10.1. The predicted octanol–water partition coefficient (Wildman–Crippen LogP) is 3.54. The molecule has 0 spiro atoms. The summed E-state index contributed by atoms with van der Waals surface area (Å²) in [5, 5.41) is 3.93. The van der Waals surface area contributed by atoms with Crippen LogP contribution >= 0.6 is 0 Å². The number of ketones is 2. The van der Waals surface area contributed by atoms with E-state index in [4.69, 9.17) is 9.26 Å². The first kappa shape index (κ1) is 18.6. The molecule has 0 unspecified atom stereocenters. The predicted molar refractivity (Wildman–Crippen MR) is 93.5 cm³/mol.